The summed E-state index contributed by atoms with van der Waals surface area (Å²) >= 11 is 0. The Morgan fingerprint density at radius 1 is 1.21 bits per heavy atom. The summed E-state index contributed by atoms with van der Waals surface area (Å²) in [7, 11) is 1.65. The van der Waals surface area contributed by atoms with Crippen LogP contribution in [-0.4, -0.2) is 24.5 Å². The summed E-state index contributed by atoms with van der Waals surface area (Å²) < 4.78 is 5.37. The molecule has 0 spiro atoms. The van der Waals surface area contributed by atoms with Gasteiger partial charge in [-0.05, 0) is 43.5 Å². The smallest absolute Gasteiger partial charge is 0.247 e. The predicted octanol–water partition coefficient (Wildman–Crippen LogP) is 4.38. The Morgan fingerprint density at radius 3 is 2.75 bits per heavy atom. The van der Waals surface area contributed by atoms with Gasteiger partial charge in [-0.3, -0.25) is 4.79 Å². The molecular weight excluding hydrogens is 298 g/mol. The van der Waals surface area contributed by atoms with Gasteiger partial charge in [-0.25, -0.2) is 0 Å². The number of rotatable bonds is 4. The molecule has 24 heavy (non-hydrogen) atoms. The third kappa shape index (κ3) is 3.51. The summed E-state index contributed by atoms with van der Waals surface area (Å²) in [4.78, 5) is 14.7. The van der Waals surface area contributed by atoms with Crippen LogP contribution in [0, 0.1) is 6.92 Å². The van der Waals surface area contributed by atoms with Crippen LogP contribution in [0.25, 0.3) is 6.08 Å². The fourth-order valence-electron chi connectivity index (χ4n) is 3.29. The number of nitrogens with zero attached hydrogens (tertiary/aromatic N) is 1. The van der Waals surface area contributed by atoms with Crippen LogP contribution in [0.1, 0.15) is 35.6 Å². The minimum absolute atomic E-state index is 0.0601. The molecule has 1 aliphatic heterocycles. The Hall–Kier alpha value is -2.55. The maximum atomic E-state index is 12.7. The Labute approximate surface area is 143 Å². The molecule has 3 rings (SSSR count). The molecule has 0 aromatic heterocycles. The number of carbonyl (C=O) groups excluding carboxylic acids is 1. The number of carbonyl (C=O) groups is 1. The van der Waals surface area contributed by atoms with Gasteiger partial charge in [-0.15, -0.1) is 0 Å². The number of methoxy groups -OCH3 is 1. The number of ether oxygens (including phenoxy) is 1. The normalized spacial score (nSPS) is 17.4. The predicted molar refractivity (Wildman–Crippen MR) is 96.9 cm³/mol. The zero-order valence-corrected chi connectivity index (χ0v) is 14.2. The Bertz CT molecular complexity index is 737. The minimum atomic E-state index is 0.0601. The average molecular weight is 321 g/mol. The summed E-state index contributed by atoms with van der Waals surface area (Å²) in [6.45, 7) is 2.85. The second kappa shape index (κ2) is 7.35. The minimum Gasteiger partial charge on any atom is -0.496 e. The zero-order valence-electron chi connectivity index (χ0n) is 14.2. The lowest BCUT2D eigenvalue weighted by molar-refractivity contribution is -0.126. The van der Waals surface area contributed by atoms with Gasteiger partial charge in [0.05, 0.1) is 13.2 Å². The highest BCUT2D eigenvalue weighted by Crippen LogP contribution is 2.32. The molecule has 0 unspecified atom stereocenters. The van der Waals surface area contributed by atoms with E-state index < -0.39 is 0 Å². The van der Waals surface area contributed by atoms with Gasteiger partial charge in [0.25, 0.3) is 0 Å². The van der Waals surface area contributed by atoms with Gasteiger partial charge in [0.15, 0.2) is 0 Å². The lowest BCUT2D eigenvalue weighted by atomic mass is 10.0. The molecule has 0 aliphatic carbocycles. The highest BCUT2D eigenvalue weighted by molar-refractivity contribution is 5.92. The van der Waals surface area contributed by atoms with E-state index in [0.29, 0.717) is 0 Å². The van der Waals surface area contributed by atoms with Crippen molar-refractivity contribution in [3.63, 3.8) is 0 Å². The first kappa shape index (κ1) is 16.3. The maximum absolute atomic E-state index is 12.7. The second-order valence-electron chi connectivity index (χ2n) is 6.18. The van der Waals surface area contributed by atoms with E-state index in [1.807, 2.05) is 54.3 Å². The van der Waals surface area contributed by atoms with Crippen molar-refractivity contribution in [3.05, 3.63) is 71.3 Å². The second-order valence-corrected chi connectivity index (χ2v) is 6.18. The van der Waals surface area contributed by atoms with Gasteiger partial charge in [0, 0.05) is 18.2 Å². The molecular formula is C21H23NO2. The molecule has 0 bridgehead atoms. The van der Waals surface area contributed by atoms with Gasteiger partial charge in [0.2, 0.25) is 5.91 Å². The van der Waals surface area contributed by atoms with E-state index in [4.69, 9.17) is 4.74 Å². The highest BCUT2D eigenvalue weighted by Gasteiger charge is 2.28. The molecule has 1 heterocycles. The topological polar surface area (TPSA) is 29.5 Å². The molecule has 0 radical (unpaired) electrons. The molecule has 124 valence electrons. The summed E-state index contributed by atoms with van der Waals surface area (Å²) in [6.07, 6.45) is 5.59. The van der Waals surface area contributed by atoms with Crippen LogP contribution < -0.4 is 4.74 Å². The molecule has 3 heteroatoms. The molecule has 0 N–H and O–H groups in total. The van der Waals surface area contributed by atoms with Gasteiger partial charge < -0.3 is 9.64 Å². The maximum Gasteiger partial charge on any atom is 0.247 e. The molecule has 3 nitrogen and oxygen atoms in total. The molecule has 1 fully saturated rings. The number of amides is 1. The first-order valence-corrected chi connectivity index (χ1v) is 8.37. The Morgan fingerprint density at radius 2 is 2.00 bits per heavy atom. The van der Waals surface area contributed by atoms with Crippen molar-refractivity contribution in [1.29, 1.82) is 0 Å². The Kier molecular flexibility index (Phi) is 4.99. The molecule has 1 amide bonds. The van der Waals surface area contributed by atoms with Crippen molar-refractivity contribution >= 4 is 12.0 Å². The quantitative estimate of drug-likeness (QED) is 0.782. The standard InChI is InChI=1S/C21H23NO2/c1-16-10-12-20(24-2)18(15-16)11-13-21(23)22-14-6-9-19(22)17-7-4-3-5-8-17/h3-5,7-8,10-13,15,19H,6,9,14H2,1-2H3/b13-11+/t19-/m1/s1. The summed E-state index contributed by atoms with van der Waals surface area (Å²) in [5.74, 6) is 0.843. The largest absolute Gasteiger partial charge is 0.496 e. The number of hydrogen-bond acceptors (Lipinski definition) is 2. The van der Waals surface area contributed by atoms with Crippen molar-refractivity contribution in [2.24, 2.45) is 0 Å². The van der Waals surface area contributed by atoms with Crippen molar-refractivity contribution < 1.29 is 9.53 Å². The monoisotopic (exact) mass is 321 g/mol. The van der Waals surface area contributed by atoms with Gasteiger partial charge in [-0.1, -0.05) is 42.0 Å². The Balaban J connectivity index is 1.78. The van der Waals surface area contributed by atoms with Gasteiger partial charge in [0.1, 0.15) is 5.75 Å². The fraction of sp³-hybridized carbons (Fsp3) is 0.286. The number of benzene rings is 2. The van der Waals surface area contributed by atoms with Crippen molar-refractivity contribution in [1.82, 2.24) is 4.90 Å². The SMILES string of the molecule is COc1ccc(C)cc1/C=C/C(=O)N1CCC[C@@H]1c1ccccc1. The molecule has 2 aromatic carbocycles. The van der Waals surface area contributed by atoms with Crippen LogP contribution in [0.5, 0.6) is 5.75 Å². The summed E-state index contributed by atoms with van der Waals surface area (Å²) in [5, 5.41) is 0. The highest BCUT2D eigenvalue weighted by atomic mass is 16.5. The number of likely N-dealkylation sites (tertiary alicyclic amines) is 1. The lowest BCUT2D eigenvalue weighted by Gasteiger charge is -2.23. The lowest BCUT2D eigenvalue weighted by Crippen LogP contribution is -2.28. The van der Waals surface area contributed by atoms with Gasteiger partial charge in [-0.2, -0.15) is 0 Å². The van der Waals surface area contributed by atoms with Crippen molar-refractivity contribution in [2.45, 2.75) is 25.8 Å². The molecule has 1 saturated heterocycles. The van der Waals surface area contributed by atoms with E-state index in [2.05, 4.69) is 12.1 Å². The van der Waals surface area contributed by atoms with Crippen molar-refractivity contribution in [2.75, 3.05) is 13.7 Å². The van der Waals surface area contributed by atoms with Crippen LogP contribution in [0.3, 0.4) is 0 Å². The average Bonchev–Trinajstić information content (AvgIpc) is 3.10. The molecule has 1 atom stereocenters. The zero-order chi connectivity index (χ0) is 16.9. The molecule has 2 aromatic rings. The van der Waals surface area contributed by atoms with E-state index in [9.17, 15) is 4.79 Å². The van der Waals surface area contributed by atoms with Crippen LogP contribution in [-0.2, 0) is 4.79 Å². The number of aryl methyl sites for hydroxylation is 1. The van der Waals surface area contributed by atoms with Crippen LogP contribution in [0.2, 0.25) is 0 Å². The van der Waals surface area contributed by atoms with E-state index in [-0.39, 0.29) is 11.9 Å². The van der Waals surface area contributed by atoms with E-state index in [1.165, 1.54) is 5.56 Å². The van der Waals surface area contributed by atoms with E-state index >= 15 is 0 Å². The van der Waals surface area contributed by atoms with Gasteiger partial charge >= 0.3 is 0 Å². The van der Waals surface area contributed by atoms with Crippen LogP contribution in [0.15, 0.2) is 54.6 Å². The fourth-order valence-corrected chi connectivity index (χ4v) is 3.29. The van der Waals surface area contributed by atoms with Crippen molar-refractivity contribution in [3.8, 4) is 5.75 Å². The third-order valence-electron chi connectivity index (χ3n) is 4.51. The summed E-state index contributed by atoms with van der Waals surface area (Å²) in [6, 6.07) is 16.4. The summed E-state index contributed by atoms with van der Waals surface area (Å²) in [5.41, 5.74) is 3.29. The first-order chi connectivity index (χ1) is 11.7. The van der Waals surface area contributed by atoms with E-state index in [1.54, 1.807) is 13.2 Å². The van der Waals surface area contributed by atoms with Crippen LogP contribution in [0.4, 0.5) is 0 Å². The molecule has 0 saturated carbocycles. The molecule has 1 aliphatic rings. The van der Waals surface area contributed by atoms with E-state index in [0.717, 1.165) is 36.3 Å². The van der Waals surface area contributed by atoms with Crippen LogP contribution >= 0.6 is 0 Å². The third-order valence-corrected chi connectivity index (χ3v) is 4.51. The first-order valence-electron chi connectivity index (χ1n) is 8.37. The number of hydrogen-bond donors (Lipinski definition) is 0.